The Kier molecular flexibility index (Phi) is 5.55. The molecule has 0 atom stereocenters. The lowest BCUT2D eigenvalue weighted by Crippen LogP contribution is -2.15. The molecule has 0 spiro atoms. The molecule has 2 aromatic rings. The Morgan fingerprint density at radius 3 is 2.52 bits per heavy atom. The van der Waals surface area contributed by atoms with Crippen LogP contribution >= 0.6 is 15.9 Å². The zero-order valence-electron chi connectivity index (χ0n) is 13.3. The van der Waals surface area contributed by atoms with Crippen molar-refractivity contribution in [1.29, 1.82) is 0 Å². The Morgan fingerprint density at radius 1 is 1.17 bits per heavy atom. The molecule has 4 nitrogen and oxygen atoms in total. The van der Waals surface area contributed by atoms with Gasteiger partial charge >= 0.3 is 0 Å². The van der Waals surface area contributed by atoms with Gasteiger partial charge in [-0.1, -0.05) is 6.07 Å². The maximum atomic E-state index is 12.3. The standard InChI is InChI=1S/C18H18BrNO3/c1-11-4-6-16(15(19)8-11)20-18(22)10-14-9-13(12(2)21)5-7-17(14)23-3/h4-9H,10H2,1-3H3,(H,20,22). The first-order valence-corrected chi connectivity index (χ1v) is 7.94. The quantitative estimate of drug-likeness (QED) is 0.798. The monoisotopic (exact) mass is 375 g/mol. The maximum absolute atomic E-state index is 12.3. The zero-order valence-corrected chi connectivity index (χ0v) is 14.9. The molecule has 2 rings (SSSR count). The molecule has 0 aliphatic carbocycles. The minimum absolute atomic E-state index is 0.0457. The largest absolute Gasteiger partial charge is 0.496 e. The van der Waals surface area contributed by atoms with Crippen LogP contribution in [0.2, 0.25) is 0 Å². The Morgan fingerprint density at radius 2 is 1.91 bits per heavy atom. The molecule has 0 heterocycles. The third-order valence-electron chi connectivity index (χ3n) is 3.44. The SMILES string of the molecule is COc1ccc(C(C)=O)cc1CC(=O)Nc1ccc(C)cc1Br. The van der Waals surface area contributed by atoms with Crippen molar-refractivity contribution in [2.75, 3.05) is 12.4 Å². The summed E-state index contributed by atoms with van der Waals surface area (Å²) in [5.74, 6) is 0.372. The second kappa shape index (κ2) is 7.42. The first-order chi connectivity index (χ1) is 10.9. The van der Waals surface area contributed by atoms with E-state index in [2.05, 4.69) is 21.2 Å². The third-order valence-corrected chi connectivity index (χ3v) is 4.09. The van der Waals surface area contributed by atoms with Gasteiger partial charge in [-0.3, -0.25) is 9.59 Å². The molecule has 120 valence electrons. The second-order valence-corrected chi connectivity index (χ2v) is 6.15. The first-order valence-electron chi connectivity index (χ1n) is 7.14. The lowest BCUT2D eigenvalue weighted by atomic mass is 10.0. The fourth-order valence-corrected chi connectivity index (χ4v) is 2.82. The summed E-state index contributed by atoms with van der Waals surface area (Å²) in [5.41, 5.74) is 3.05. The van der Waals surface area contributed by atoms with Gasteiger partial charge in [0, 0.05) is 15.6 Å². The molecule has 1 amide bonds. The normalized spacial score (nSPS) is 10.3. The van der Waals surface area contributed by atoms with E-state index in [1.54, 1.807) is 25.3 Å². The highest BCUT2D eigenvalue weighted by Crippen LogP contribution is 2.25. The van der Waals surface area contributed by atoms with E-state index in [-0.39, 0.29) is 18.1 Å². The number of aryl methyl sites for hydroxylation is 1. The fourth-order valence-electron chi connectivity index (χ4n) is 2.22. The number of rotatable bonds is 5. The summed E-state index contributed by atoms with van der Waals surface area (Å²) in [4.78, 5) is 23.8. The van der Waals surface area contributed by atoms with Crippen LogP contribution in [0.1, 0.15) is 28.4 Å². The Labute approximate surface area is 144 Å². The van der Waals surface area contributed by atoms with Gasteiger partial charge in [-0.05, 0) is 65.7 Å². The van der Waals surface area contributed by atoms with E-state index in [0.717, 1.165) is 10.0 Å². The Bertz CT molecular complexity index is 756. The summed E-state index contributed by atoms with van der Waals surface area (Å²) < 4.78 is 6.10. The minimum atomic E-state index is -0.173. The zero-order chi connectivity index (χ0) is 17.0. The molecule has 0 aliphatic rings. The molecular formula is C18H18BrNO3. The van der Waals surface area contributed by atoms with Gasteiger partial charge in [0.15, 0.2) is 5.78 Å². The highest BCUT2D eigenvalue weighted by atomic mass is 79.9. The number of amides is 1. The van der Waals surface area contributed by atoms with Crippen molar-refractivity contribution in [3.63, 3.8) is 0 Å². The molecule has 0 fully saturated rings. The van der Waals surface area contributed by atoms with Crippen LogP contribution in [0.15, 0.2) is 40.9 Å². The van der Waals surface area contributed by atoms with E-state index in [1.165, 1.54) is 6.92 Å². The number of carbonyl (C=O) groups excluding carboxylic acids is 2. The number of halogens is 1. The number of carbonyl (C=O) groups is 2. The van der Waals surface area contributed by atoms with E-state index < -0.39 is 0 Å². The maximum Gasteiger partial charge on any atom is 0.228 e. The first kappa shape index (κ1) is 17.2. The van der Waals surface area contributed by atoms with E-state index in [9.17, 15) is 9.59 Å². The number of benzene rings is 2. The number of Topliss-reactive ketones (excluding diaryl/α,β-unsaturated/α-hetero) is 1. The molecule has 0 unspecified atom stereocenters. The van der Waals surface area contributed by atoms with Gasteiger partial charge in [0.05, 0.1) is 19.2 Å². The summed E-state index contributed by atoms with van der Waals surface area (Å²) in [6.45, 7) is 3.48. The van der Waals surface area contributed by atoms with E-state index in [4.69, 9.17) is 4.74 Å². The van der Waals surface area contributed by atoms with Crippen molar-refractivity contribution in [1.82, 2.24) is 0 Å². The molecule has 0 aromatic heterocycles. The molecular weight excluding hydrogens is 358 g/mol. The fraction of sp³-hybridized carbons (Fsp3) is 0.222. The number of nitrogens with one attached hydrogen (secondary N) is 1. The van der Waals surface area contributed by atoms with Gasteiger partial charge in [0.25, 0.3) is 0 Å². The molecule has 0 saturated heterocycles. The van der Waals surface area contributed by atoms with Crippen molar-refractivity contribution in [2.45, 2.75) is 20.3 Å². The molecule has 1 N–H and O–H groups in total. The van der Waals surface area contributed by atoms with Gasteiger partial charge in [0.1, 0.15) is 5.75 Å². The van der Waals surface area contributed by atoms with E-state index in [0.29, 0.717) is 22.6 Å². The van der Waals surface area contributed by atoms with Crippen LogP contribution < -0.4 is 10.1 Å². The third kappa shape index (κ3) is 4.42. The van der Waals surface area contributed by atoms with Crippen LogP contribution in [0.5, 0.6) is 5.75 Å². The molecule has 2 aromatic carbocycles. The van der Waals surface area contributed by atoms with Crippen LogP contribution in [0, 0.1) is 6.92 Å². The predicted molar refractivity (Wildman–Crippen MR) is 94.2 cm³/mol. The van der Waals surface area contributed by atoms with Crippen LogP contribution in [0.3, 0.4) is 0 Å². The van der Waals surface area contributed by atoms with Crippen LogP contribution in [-0.4, -0.2) is 18.8 Å². The summed E-state index contributed by atoms with van der Waals surface area (Å²) in [6, 6.07) is 10.8. The van der Waals surface area contributed by atoms with Gasteiger partial charge in [-0.15, -0.1) is 0 Å². The van der Waals surface area contributed by atoms with Gasteiger partial charge in [0.2, 0.25) is 5.91 Å². The van der Waals surface area contributed by atoms with E-state index >= 15 is 0 Å². The number of ether oxygens (including phenoxy) is 1. The van der Waals surface area contributed by atoms with Crippen molar-refractivity contribution < 1.29 is 14.3 Å². The van der Waals surface area contributed by atoms with Gasteiger partial charge in [-0.25, -0.2) is 0 Å². The van der Waals surface area contributed by atoms with E-state index in [1.807, 2.05) is 25.1 Å². The van der Waals surface area contributed by atoms with Crippen LogP contribution in [-0.2, 0) is 11.2 Å². The number of methoxy groups -OCH3 is 1. The lowest BCUT2D eigenvalue weighted by Gasteiger charge is -2.11. The highest BCUT2D eigenvalue weighted by Gasteiger charge is 2.12. The Balaban J connectivity index is 2.19. The van der Waals surface area contributed by atoms with Crippen molar-refractivity contribution in [2.24, 2.45) is 0 Å². The average Bonchev–Trinajstić information content (AvgIpc) is 2.50. The Hall–Kier alpha value is -2.14. The average molecular weight is 376 g/mol. The molecule has 5 heteroatoms. The summed E-state index contributed by atoms with van der Waals surface area (Å²) in [6.07, 6.45) is 0.130. The summed E-state index contributed by atoms with van der Waals surface area (Å²) in [5, 5.41) is 2.86. The summed E-state index contributed by atoms with van der Waals surface area (Å²) in [7, 11) is 1.54. The van der Waals surface area contributed by atoms with Crippen molar-refractivity contribution >= 4 is 33.3 Å². The number of ketones is 1. The molecule has 0 radical (unpaired) electrons. The topological polar surface area (TPSA) is 55.4 Å². The lowest BCUT2D eigenvalue weighted by molar-refractivity contribution is -0.115. The van der Waals surface area contributed by atoms with Crippen LogP contribution in [0.25, 0.3) is 0 Å². The second-order valence-electron chi connectivity index (χ2n) is 5.29. The van der Waals surface area contributed by atoms with Gasteiger partial charge < -0.3 is 10.1 Å². The molecule has 23 heavy (non-hydrogen) atoms. The van der Waals surface area contributed by atoms with Crippen LogP contribution in [0.4, 0.5) is 5.69 Å². The molecule has 0 bridgehead atoms. The smallest absolute Gasteiger partial charge is 0.228 e. The molecule has 0 saturated carbocycles. The van der Waals surface area contributed by atoms with Crippen molar-refractivity contribution in [3.05, 3.63) is 57.6 Å². The minimum Gasteiger partial charge on any atom is -0.496 e. The number of anilines is 1. The van der Waals surface area contributed by atoms with Crippen molar-refractivity contribution in [3.8, 4) is 5.75 Å². The number of hydrogen-bond acceptors (Lipinski definition) is 3. The molecule has 0 aliphatic heterocycles. The summed E-state index contributed by atoms with van der Waals surface area (Å²) >= 11 is 3.44. The van der Waals surface area contributed by atoms with Gasteiger partial charge in [-0.2, -0.15) is 0 Å². The number of hydrogen-bond donors (Lipinski definition) is 1. The highest BCUT2D eigenvalue weighted by molar-refractivity contribution is 9.10. The predicted octanol–water partition coefficient (Wildman–Crippen LogP) is 4.15.